The zero-order chi connectivity index (χ0) is 12.6. The van der Waals surface area contributed by atoms with Gasteiger partial charge in [0.25, 0.3) is 5.69 Å². The molecule has 0 spiro atoms. The van der Waals surface area contributed by atoms with Crippen molar-refractivity contribution in [2.24, 2.45) is 0 Å². The van der Waals surface area contributed by atoms with Gasteiger partial charge in [-0.25, -0.2) is 4.39 Å². The van der Waals surface area contributed by atoms with Crippen molar-refractivity contribution in [1.82, 2.24) is 0 Å². The molecule has 1 saturated carbocycles. The van der Waals surface area contributed by atoms with Crippen LogP contribution in [0.3, 0.4) is 0 Å². The Kier molecular flexibility index (Phi) is 2.46. The summed E-state index contributed by atoms with van der Waals surface area (Å²) in [5.74, 6) is -1.72. The molecule has 0 atom stereocenters. The van der Waals surface area contributed by atoms with Crippen LogP contribution in [0.5, 0.6) is 5.75 Å². The van der Waals surface area contributed by atoms with Gasteiger partial charge in [-0.1, -0.05) is 0 Å². The second-order valence-electron chi connectivity index (χ2n) is 4.13. The van der Waals surface area contributed by atoms with Crippen LogP contribution in [0.4, 0.5) is 10.1 Å². The number of hydrogen-bond donors (Lipinski definition) is 1. The molecule has 0 radical (unpaired) electrons. The van der Waals surface area contributed by atoms with E-state index in [0.29, 0.717) is 18.9 Å². The van der Waals surface area contributed by atoms with Crippen LogP contribution in [-0.4, -0.2) is 10.0 Å². The number of halogens is 1. The molecule has 1 fully saturated rings. The topological polar surface area (TPSA) is 87.2 Å². The van der Waals surface area contributed by atoms with Gasteiger partial charge in [-0.15, -0.1) is 0 Å². The van der Waals surface area contributed by atoms with E-state index in [2.05, 4.69) is 0 Å². The predicted molar refractivity (Wildman–Crippen MR) is 55.9 cm³/mol. The number of rotatable bonds is 2. The minimum Gasteiger partial charge on any atom is -0.505 e. The summed E-state index contributed by atoms with van der Waals surface area (Å²) in [5, 5.41) is 29.3. The molecule has 1 aromatic rings. The third kappa shape index (κ3) is 1.60. The van der Waals surface area contributed by atoms with Gasteiger partial charge in [0.1, 0.15) is 0 Å². The van der Waals surface area contributed by atoms with Crippen molar-refractivity contribution in [1.29, 1.82) is 5.26 Å². The molecule has 1 aromatic carbocycles. The number of hydrogen-bond acceptors (Lipinski definition) is 4. The van der Waals surface area contributed by atoms with E-state index in [1.807, 2.05) is 6.07 Å². The second-order valence-corrected chi connectivity index (χ2v) is 4.13. The molecule has 0 heterocycles. The van der Waals surface area contributed by atoms with Gasteiger partial charge in [0.05, 0.1) is 22.5 Å². The fourth-order valence-electron chi connectivity index (χ4n) is 2.03. The van der Waals surface area contributed by atoms with E-state index in [9.17, 15) is 19.6 Å². The summed E-state index contributed by atoms with van der Waals surface area (Å²) in [5.41, 5.74) is -1.40. The Bertz CT molecular complexity index is 532. The summed E-state index contributed by atoms with van der Waals surface area (Å²) in [6.07, 6.45) is 1.76. The minimum atomic E-state index is -1.06. The first-order valence-corrected chi connectivity index (χ1v) is 5.09. The number of phenolic OH excluding ortho intramolecular Hbond substituents is 1. The van der Waals surface area contributed by atoms with E-state index in [1.54, 1.807) is 0 Å². The fraction of sp³-hybridized carbons (Fsp3) is 0.364. The van der Waals surface area contributed by atoms with Crippen LogP contribution in [0, 0.1) is 27.3 Å². The lowest BCUT2D eigenvalue weighted by molar-refractivity contribution is -0.385. The van der Waals surface area contributed by atoms with Gasteiger partial charge < -0.3 is 5.11 Å². The van der Waals surface area contributed by atoms with Gasteiger partial charge in [0, 0.05) is 11.6 Å². The number of nitro benzene ring substituents is 1. The summed E-state index contributed by atoms with van der Waals surface area (Å²) >= 11 is 0. The normalized spacial score (nSPS) is 16.9. The van der Waals surface area contributed by atoms with E-state index < -0.39 is 27.6 Å². The molecule has 0 bridgehead atoms. The summed E-state index contributed by atoms with van der Waals surface area (Å²) in [4.78, 5) is 9.87. The summed E-state index contributed by atoms with van der Waals surface area (Å²) in [6, 6.07) is 3.76. The van der Waals surface area contributed by atoms with Crippen molar-refractivity contribution in [3.05, 3.63) is 33.6 Å². The summed E-state index contributed by atoms with van der Waals surface area (Å²) < 4.78 is 13.4. The van der Waals surface area contributed by atoms with Crippen molar-refractivity contribution < 1.29 is 14.4 Å². The van der Waals surface area contributed by atoms with Crippen LogP contribution < -0.4 is 0 Å². The average Bonchev–Trinajstić information content (AvgIpc) is 2.22. The largest absolute Gasteiger partial charge is 0.505 e. The molecular formula is C11H9FN2O3. The predicted octanol–water partition coefficient (Wildman–Crippen LogP) is 2.38. The first-order chi connectivity index (χ1) is 8.00. The highest BCUT2D eigenvalue weighted by Crippen LogP contribution is 2.48. The number of phenols is 1. The van der Waals surface area contributed by atoms with Crippen molar-refractivity contribution in [3.63, 3.8) is 0 Å². The van der Waals surface area contributed by atoms with Crippen LogP contribution >= 0.6 is 0 Å². The SMILES string of the molecule is N#CC1(c2cc([N+](=O)[O-])cc(F)c2O)CCC1. The average molecular weight is 236 g/mol. The quantitative estimate of drug-likeness (QED) is 0.630. The monoisotopic (exact) mass is 236 g/mol. The number of aromatic hydroxyl groups is 1. The maximum atomic E-state index is 13.4. The maximum Gasteiger partial charge on any atom is 0.272 e. The van der Waals surface area contributed by atoms with Crippen LogP contribution in [0.15, 0.2) is 12.1 Å². The van der Waals surface area contributed by atoms with Gasteiger partial charge in [0.15, 0.2) is 11.6 Å². The smallest absolute Gasteiger partial charge is 0.272 e. The molecule has 1 N–H and O–H groups in total. The molecule has 2 rings (SSSR count). The Labute approximate surface area is 96.3 Å². The summed E-state index contributed by atoms with van der Waals surface area (Å²) in [7, 11) is 0. The number of nitro groups is 1. The standard InChI is InChI=1S/C11H9FN2O3/c12-9-5-7(14(16)17)4-8(10(9)15)11(6-13)2-1-3-11/h4-5,15H,1-3H2. The molecular weight excluding hydrogens is 227 g/mol. The Morgan fingerprint density at radius 1 is 1.53 bits per heavy atom. The third-order valence-corrected chi connectivity index (χ3v) is 3.20. The molecule has 0 saturated heterocycles. The lowest BCUT2D eigenvalue weighted by Gasteiger charge is -2.35. The van der Waals surface area contributed by atoms with Gasteiger partial charge in [-0.05, 0) is 19.3 Å². The highest BCUT2D eigenvalue weighted by molar-refractivity contribution is 5.51. The number of benzene rings is 1. The molecule has 1 aliphatic rings. The van der Waals surface area contributed by atoms with Gasteiger partial charge >= 0.3 is 0 Å². The van der Waals surface area contributed by atoms with E-state index >= 15 is 0 Å². The maximum absolute atomic E-state index is 13.4. The molecule has 5 nitrogen and oxygen atoms in total. The Hall–Kier alpha value is -2.16. The number of non-ortho nitro benzene ring substituents is 1. The highest BCUT2D eigenvalue weighted by atomic mass is 19.1. The number of nitrogens with zero attached hydrogens (tertiary/aromatic N) is 2. The van der Waals surface area contributed by atoms with Gasteiger partial charge in [-0.3, -0.25) is 10.1 Å². The third-order valence-electron chi connectivity index (χ3n) is 3.20. The zero-order valence-corrected chi connectivity index (χ0v) is 8.81. The van der Waals surface area contributed by atoms with Crippen LogP contribution in [0.1, 0.15) is 24.8 Å². The fourth-order valence-corrected chi connectivity index (χ4v) is 2.03. The molecule has 6 heteroatoms. The second kappa shape index (κ2) is 3.70. The zero-order valence-electron chi connectivity index (χ0n) is 8.81. The van der Waals surface area contributed by atoms with E-state index in [4.69, 9.17) is 5.26 Å². The van der Waals surface area contributed by atoms with Crippen molar-refractivity contribution in [2.45, 2.75) is 24.7 Å². The highest BCUT2D eigenvalue weighted by Gasteiger charge is 2.42. The first-order valence-electron chi connectivity index (χ1n) is 5.09. The molecule has 88 valence electrons. The molecule has 0 aromatic heterocycles. The van der Waals surface area contributed by atoms with E-state index in [1.165, 1.54) is 0 Å². The van der Waals surface area contributed by atoms with Gasteiger partial charge in [-0.2, -0.15) is 5.26 Å². The first kappa shape index (κ1) is 11.3. The number of nitriles is 1. The van der Waals surface area contributed by atoms with E-state index in [0.717, 1.165) is 12.5 Å². The van der Waals surface area contributed by atoms with Crippen LogP contribution in [0.2, 0.25) is 0 Å². The van der Waals surface area contributed by atoms with Crippen molar-refractivity contribution in [3.8, 4) is 11.8 Å². The lowest BCUT2D eigenvalue weighted by Crippen LogP contribution is -2.32. The Morgan fingerprint density at radius 3 is 2.59 bits per heavy atom. The molecule has 0 unspecified atom stereocenters. The lowest BCUT2D eigenvalue weighted by atomic mass is 9.65. The molecule has 17 heavy (non-hydrogen) atoms. The molecule has 0 aliphatic heterocycles. The summed E-state index contributed by atoms with van der Waals surface area (Å²) in [6.45, 7) is 0. The van der Waals surface area contributed by atoms with Gasteiger partial charge in [0.2, 0.25) is 0 Å². The van der Waals surface area contributed by atoms with E-state index in [-0.39, 0.29) is 5.56 Å². The Morgan fingerprint density at radius 2 is 2.18 bits per heavy atom. The van der Waals surface area contributed by atoms with Crippen molar-refractivity contribution in [2.75, 3.05) is 0 Å². The molecule has 1 aliphatic carbocycles. The molecule has 0 amide bonds. The van der Waals surface area contributed by atoms with Crippen LogP contribution in [0.25, 0.3) is 0 Å². The van der Waals surface area contributed by atoms with Crippen LogP contribution in [-0.2, 0) is 5.41 Å². The Balaban J connectivity index is 2.61. The minimum absolute atomic E-state index is 0.0259. The van der Waals surface area contributed by atoms with Crippen molar-refractivity contribution >= 4 is 5.69 Å².